The molecule has 14 heavy (non-hydrogen) atoms. The van der Waals surface area contributed by atoms with Crippen molar-refractivity contribution in [2.24, 2.45) is 0 Å². The smallest absolute Gasteiger partial charge is 0.303 e. The van der Waals surface area contributed by atoms with Crippen molar-refractivity contribution in [1.29, 1.82) is 0 Å². The van der Waals surface area contributed by atoms with E-state index in [-0.39, 0.29) is 12.1 Å². The molecule has 0 aromatic rings. The van der Waals surface area contributed by atoms with Crippen LogP contribution >= 0.6 is 22.6 Å². The predicted octanol–water partition coefficient (Wildman–Crippen LogP) is 3.24. The summed E-state index contributed by atoms with van der Waals surface area (Å²) < 4.78 is 6.39. The van der Waals surface area contributed by atoms with Crippen molar-refractivity contribution in [2.75, 3.05) is 4.43 Å². The van der Waals surface area contributed by atoms with E-state index < -0.39 is 0 Å². The Morgan fingerprint density at radius 3 is 3.14 bits per heavy atom. The van der Waals surface area contributed by atoms with Crippen molar-refractivity contribution in [3.63, 3.8) is 0 Å². The molecule has 0 fully saturated rings. The van der Waals surface area contributed by atoms with E-state index in [1.165, 1.54) is 36.2 Å². The molecule has 3 heteroatoms. The molecule has 1 atom stereocenters. The monoisotopic (exact) mass is 308 g/mol. The van der Waals surface area contributed by atoms with Gasteiger partial charge in [-0.2, -0.15) is 0 Å². The van der Waals surface area contributed by atoms with Crippen LogP contribution in [0.25, 0.3) is 0 Å². The zero-order chi connectivity index (χ0) is 10.4. The Balaban J connectivity index is 2.42. The van der Waals surface area contributed by atoms with Gasteiger partial charge in [0, 0.05) is 6.92 Å². The summed E-state index contributed by atoms with van der Waals surface area (Å²) in [5.74, 6) is -0.165. The lowest BCUT2D eigenvalue weighted by Crippen LogP contribution is -2.17. The van der Waals surface area contributed by atoms with E-state index in [9.17, 15) is 4.79 Å². The van der Waals surface area contributed by atoms with E-state index in [0.29, 0.717) is 0 Å². The van der Waals surface area contributed by atoms with Crippen LogP contribution in [-0.4, -0.2) is 16.5 Å². The Bertz CT molecular complexity index is 223. The second kappa shape index (κ2) is 6.43. The van der Waals surface area contributed by atoms with Gasteiger partial charge in [0.1, 0.15) is 6.10 Å². The molecule has 0 amide bonds. The Morgan fingerprint density at radius 2 is 2.50 bits per heavy atom. The third kappa shape index (κ3) is 4.44. The fraction of sp³-hybridized carbons (Fsp3) is 0.727. The van der Waals surface area contributed by atoms with Crippen LogP contribution in [0.4, 0.5) is 0 Å². The Hall–Kier alpha value is -0.0600. The molecule has 0 aliphatic heterocycles. The van der Waals surface area contributed by atoms with Crippen molar-refractivity contribution < 1.29 is 9.53 Å². The molecular formula is C11H17IO2. The molecule has 80 valence electrons. The van der Waals surface area contributed by atoms with Crippen LogP contribution in [-0.2, 0) is 9.53 Å². The normalized spacial score (nSPS) is 21.6. The van der Waals surface area contributed by atoms with Crippen LogP contribution in [0, 0.1) is 0 Å². The number of hydrogen-bond acceptors (Lipinski definition) is 2. The van der Waals surface area contributed by atoms with E-state index in [2.05, 4.69) is 28.7 Å². The molecule has 0 N–H and O–H groups in total. The topological polar surface area (TPSA) is 26.3 Å². The molecule has 1 rings (SSSR count). The van der Waals surface area contributed by atoms with Gasteiger partial charge >= 0.3 is 5.97 Å². The number of rotatable bonds is 4. The zero-order valence-corrected chi connectivity index (χ0v) is 10.7. The number of alkyl halides is 1. The molecule has 1 aliphatic carbocycles. The van der Waals surface area contributed by atoms with Crippen molar-refractivity contribution in [2.45, 2.75) is 45.1 Å². The fourth-order valence-electron chi connectivity index (χ4n) is 1.77. The summed E-state index contributed by atoms with van der Waals surface area (Å²) in [6, 6.07) is 0. The first-order chi connectivity index (χ1) is 6.72. The first-order valence-electron chi connectivity index (χ1n) is 5.15. The van der Waals surface area contributed by atoms with Gasteiger partial charge < -0.3 is 4.74 Å². The van der Waals surface area contributed by atoms with Crippen LogP contribution in [0.15, 0.2) is 11.6 Å². The average Bonchev–Trinajstić information content (AvgIpc) is 2.14. The van der Waals surface area contributed by atoms with E-state index in [1.807, 2.05) is 0 Å². The molecule has 0 aromatic carbocycles. The van der Waals surface area contributed by atoms with Gasteiger partial charge in [0.25, 0.3) is 0 Å². The summed E-state index contributed by atoms with van der Waals surface area (Å²) in [5, 5.41) is 0. The van der Waals surface area contributed by atoms with Crippen molar-refractivity contribution in [3.8, 4) is 0 Å². The highest BCUT2D eigenvalue weighted by Crippen LogP contribution is 2.23. The van der Waals surface area contributed by atoms with Crippen LogP contribution < -0.4 is 0 Å². The van der Waals surface area contributed by atoms with E-state index in [0.717, 1.165) is 12.8 Å². The molecule has 0 saturated carbocycles. The third-order valence-corrected chi connectivity index (χ3v) is 3.12. The number of esters is 1. The third-order valence-electron chi connectivity index (χ3n) is 2.36. The van der Waals surface area contributed by atoms with Crippen molar-refractivity contribution in [1.82, 2.24) is 0 Å². The molecule has 0 saturated heterocycles. The van der Waals surface area contributed by atoms with Gasteiger partial charge in [-0.3, -0.25) is 4.79 Å². The zero-order valence-electron chi connectivity index (χ0n) is 8.59. The fourth-order valence-corrected chi connectivity index (χ4v) is 2.15. The van der Waals surface area contributed by atoms with Gasteiger partial charge in [-0.1, -0.05) is 28.2 Å². The Kier molecular flexibility index (Phi) is 5.52. The largest absolute Gasteiger partial charge is 0.458 e. The highest BCUT2D eigenvalue weighted by molar-refractivity contribution is 14.1. The summed E-state index contributed by atoms with van der Waals surface area (Å²) >= 11 is 2.40. The summed E-state index contributed by atoms with van der Waals surface area (Å²) in [5.41, 5.74) is 1.47. The highest BCUT2D eigenvalue weighted by Gasteiger charge is 2.15. The molecule has 1 unspecified atom stereocenters. The number of allylic oxidation sites excluding steroid dienone is 1. The molecule has 2 nitrogen and oxygen atoms in total. The molecule has 0 heterocycles. The molecule has 0 radical (unpaired) electrons. The summed E-state index contributed by atoms with van der Waals surface area (Å²) in [4.78, 5) is 10.8. The van der Waals surface area contributed by atoms with Crippen LogP contribution in [0.2, 0.25) is 0 Å². The van der Waals surface area contributed by atoms with Gasteiger partial charge in [0.15, 0.2) is 0 Å². The minimum absolute atomic E-state index is 0.0467. The maximum Gasteiger partial charge on any atom is 0.303 e. The van der Waals surface area contributed by atoms with Gasteiger partial charge in [0.05, 0.1) is 0 Å². The standard InChI is InChI=1S/C11H17IO2/c1-9(13)14-11-6-2-4-10(8-11)5-3-7-12/h8,11H,2-7H2,1H3. The summed E-state index contributed by atoms with van der Waals surface area (Å²) in [7, 11) is 0. The maximum atomic E-state index is 10.8. The van der Waals surface area contributed by atoms with E-state index in [4.69, 9.17) is 4.74 Å². The molecule has 0 spiro atoms. The lowest BCUT2D eigenvalue weighted by Gasteiger charge is -2.20. The Morgan fingerprint density at radius 1 is 1.71 bits per heavy atom. The predicted molar refractivity (Wildman–Crippen MR) is 65.6 cm³/mol. The average molecular weight is 308 g/mol. The van der Waals surface area contributed by atoms with Crippen molar-refractivity contribution >= 4 is 28.6 Å². The van der Waals surface area contributed by atoms with Gasteiger partial charge in [-0.25, -0.2) is 0 Å². The van der Waals surface area contributed by atoms with Crippen LogP contribution in [0.3, 0.4) is 0 Å². The quantitative estimate of drug-likeness (QED) is 0.345. The minimum atomic E-state index is -0.165. The molecule has 0 bridgehead atoms. The minimum Gasteiger partial charge on any atom is -0.458 e. The summed E-state index contributed by atoms with van der Waals surface area (Å²) in [6.07, 6.45) is 7.94. The van der Waals surface area contributed by atoms with Gasteiger partial charge in [-0.15, -0.1) is 0 Å². The number of ether oxygens (including phenoxy) is 1. The van der Waals surface area contributed by atoms with E-state index in [1.54, 1.807) is 0 Å². The molecule has 0 aromatic heterocycles. The Labute approximate surface area is 99.2 Å². The summed E-state index contributed by atoms with van der Waals surface area (Å²) in [6.45, 7) is 1.48. The maximum absolute atomic E-state index is 10.8. The first kappa shape index (κ1) is 12.0. The SMILES string of the molecule is CC(=O)OC1C=C(CCCI)CCC1. The number of carbonyl (C=O) groups is 1. The number of hydrogen-bond donors (Lipinski definition) is 0. The van der Waals surface area contributed by atoms with E-state index >= 15 is 0 Å². The second-order valence-electron chi connectivity index (χ2n) is 3.66. The van der Waals surface area contributed by atoms with Gasteiger partial charge in [-0.05, 0) is 42.6 Å². The number of halogens is 1. The molecule has 1 aliphatic rings. The van der Waals surface area contributed by atoms with Crippen LogP contribution in [0.1, 0.15) is 39.0 Å². The van der Waals surface area contributed by atoms with Crippen LogP contribution in [0.5, 0.6) is 0 Å². The van der Waals surface area contributed by atoms with Gasteiger partial charge in [0.2, 0.25) is 0 Å². The number of carbonyl (C=O) groups excluding carboxylic acids is 1. The lowest BCUT2D eigenvalue weighted by atomic mass is 9.94. The first-order valence-corrected chi connectivity index (χ1v) is 6.67. The second-order valence-corrected chi connectivity index (χ2v) is 4.74. The lowest BCUT2D eigenvalue weighted by molar-refractivity contribution is -0.144. The highest BCUT2D eigenvalue weighted by atomic mass is 127. The van der Waals surface area contributed by atoms with Crippen molar-refractivity contribution in [3.05, 3.63) is 11.6 Å². The molecular weight excluding hydrogens is 291 g/mol.